The Kier molecular flexibility index (Phi) is 5.33. The molecule has 1 saturated carbocycles. The van der Waals surface area contributed by atoms with Crippen LogP contribution in [0.15, 0.2) is 30.3 Å². The van der Waals surface area contributed by atoms with Gasteiger partial charge < -0.3 is 10.6 Å². The lowest BCUT2D eigenvalue weighted by molar-refractivity contribution is -0.119. The lowest BCUT2D eigenvalue weighted by Crippen LogP contribution is -2.43. The molecular formula is C15H20N2OS. The van der Waals surface area contributed by atoms with Gasteiger partial charge in [-0.05, 0) is 37.0 Å². The first-order chi connectivity index (χ1) is 9.24. The van der Waals surface area contributed by atoms with E-state index in [2.05, 4.69) is 10.6 Å². The van der Waals surface area contributed by atoms with Crippen molar-refractivity contribution in [2.45, 2.75) is 44.6 Å². The van der Waals surface area contributed by atoms with Crippen LogP contribution in [-0.2, 0) is 11.2 Å². The molecule has 19 heavy (non-hydrogen) atoms. The number of amides is 1. The number of hydrogen-bond acceptors (Lipinski definition) is 2. The van der Waals surface area contributed by atoms with Crippen LogP contribution in [0.4, 0.5) is 0 Å². The van der Waals surface area contributed by atoms with E-state index in [1.165, 1.54) is 18.4 Å². The molecule has 1 aliphatic carbocycles. The number of benzene rings is 1. The molecule has 1 aromatic rings. The van der Waals surface area contributed by atoms with Crippen molar-refractivity contribution in [2.24, 2.45) is 0 Å². The highest BCUT2D eigenvalue weighted by Crippen LogP contribution is 2.17. The monoisotopic (exact) mass is 276 g/mol. The maximum atomic E-state index is 11.8. The van der Waals surface area contributed by atoms with Crippen LogP contribution in [0, 0.1) is 0 Å². The molecule has 0 saturated heterocycles. The largest absolute Gasteiger partial charge is 0.360 e. The Morgan fingerprint density at radius 2 is 1.89 bits per heavy atom. The Bertz CT molecular complexity index is 427. The smallest absolute Gasteiger partial charge is 0.226 e. The lowest BCUT2D eigenvalue weighted by Gasteiger charge is -2.14. The van der Waals surface area contributed by atoms with E-state index in [4.69, 9.17) is 12.2 Å². The first-order valence-electron chi connectivity index (χ1n) is 6.88. The summed E-state index contributed by atoms with van der Waals surface area (Å²) in [4.78, 5) is 11.8. The van der Waals surface area contributed by atoms with Gasteiger partial charge in [-0.15, -0.1) is 0 Å². The van der Waals surface area contributed by atoms with Crippen molar-refractivity contribution in [1.82, 2.24) is 10.6 Å². The molecule has 0 unspecified atom stereocenters. The van der Waals surface area contributed by atoms with Crippen LogP contribution < -0.4 is 10.6 Å². The third kappa shape index (κ3) is 4.99. The van der Waals surface area contributed by atoms with Crippen LogP contribution in [0.2, 0.25) is 0 Å². The average Bonchev–Trinajstić information content (AvgIpc) is 2.90. The van der Waals surface area contributed by atoms with Crippen molar-refractivity contribution in [3.63, 3.8) is 0 Å². The predicted octanol–water partition coefficient (Wildman–Crippen LogP) is 2.55. The van der Waals surface area contributed by atoms with Gasteiger partial charge in [0, 0.05) is 12.5 Å². The molecule has 1 fully saturated rings. The third-order valence-electron chi connectivity index (χ3n) is 3.43. The summed E-state index contributed by atoms with van der Waals surface area (Å²) in [6.07, 6.45) is 6.03. The van der Waals surface area contributed by atoms with Gasteiger partial charge in [0.25, 0.3) is 0 Å². The summed E-state index contributed by atoms with van der Waals surface area (Å²) in [5, 5.41) is 6.44. The number of aryl methyl sites for hydroxylation is 1. The average molecular weight is 276 g/mol. The molecular weight excluding hydrogens is 256 g/mol. The normalized spacial score (nSPS) is 15.2. The molecule has 0 aromatic heterocycles. The van der Waals surface area contributed by atoms with Gasteiger partial charge >= 0.3 is 0 Å². The SMILES string of the molecule is O=C(CCc1ccccc1)NC(=S)NC1CCCC1. The molecule has 0 aliphatic heterocycles. The second-order valence-electron chi connectivity index (χ2n) is 4.99. The Hall–Kier alpha value is -1.42. The van der Waals surface area contributed by atoms with Crippen molar-refractivity contribution in [3.8, 4) is 0 Å². The van der Waals surface area contributed by atoms with Gasteiger partial charge in [-0.3, -0.25) is 4.79 Å². The minimum absolute atomic E-state index is 0.0145. The number of rotatable bonds is 4. The molecule has 0 bridgehead atoms. The molecule has 3 nitrogen and oxygen atoms in total. The molecule has 1 aliphatic rings. The fraction of sp³-hybridized carbons (Fsp3) is 0.467. The van der Waals surface area contributed by atoms with Crippen LogP contribution in [0.5, 0.6) is 0 Å². The van der Waals surface area contributed by atoms with Crippen LogP contribution in [0.3, 0.4) is 0 Å². The molecule has 1 aromatic carbocycles. The molecule has 102 valence electrons. The van der Waals surface area contributed by atoms with Crippen molar-refractivity contribution in [2.75, 3.05) is 0 Å². The summed E-state index contributed by atoms with van der Waals surface area (Å²) >= 11 is 5.15. The Morgan fingerprint density at radius 3 is 2.58 bits per heavy atom. The molecule has 0 atom stereocenters. The fourth-order valence-corrected chi connectivity index (χ4v) is 2.66. The minimum Gasteiger partial charge on any atom is -0.360 e. The topological polar surface area (TPSA) is 41.1 Å². The molecule has 4 heteroatoms. The van der Waals surface area contributed by atoms with Gasteiger partial charge in [0.15, 0.2) is 5.11 Å². The Labute approximate surface area is 119 Å². The summed E-state index contributed by atoms with van der Waals surface area (Å²) in [7, 11) is 0. The minimum atomic E-state index is -0.0145. The van der Waals surface area contributed by atoms with E-state index in [9.17, 15) is 4.79 Å². The molecule has 2 rings (SSSR count). The molecule has 1 amide bonds. The molecule has 2 N–H and O–H groups in total. The van der Waals surface area contributed by atoms with E-state index >= 15 is 0 Å². The van der Waals surface area contributed by atoms with Gasteiger partial charge in [0.05, 0.1) is 0 Å². The second kappa shape index (κ2) is 7.24. The van der Waals surface area contributed by atoms with Crippen LogP contribution in [0.1, 0.15) is 37.7 Å². The van der Waals surface area contributed by atoms with Crippen molar-refractivity contribution in [3.05, 3.63) is 35.9 Å². The maximum absolute atomic E-state index is 11.8. The van der Waals surface area contributed by atoms with Gasteiger partial charge in [-0.2, -0.15) is 0 Å². The summed E-state index contributed by atoms with van der Waals surface area (Å²) in [5.74, 6) is -0.0145. The number of thiocarbonyl (C=S) groups is 1. The van der Waals surface area contributed by atoms with Gasteiger partial charge in [0.2, 0.25) is 5.91 Å². The Balaban J connectivity index is 1.67. The third-order valence-corrected chi connectivity index (χ3v) is 3.65. The highest BCUT2D eigenvalue weighted by molar-refractivity contribution is 7.80. The van der Waals surface area contributed by atoms with Crippen molar-refractivity contribution in [1.29, 1.82) is 0 Å². The quantitative estimate of drug-likeness (QED) is 0.830. The van der Waals surface area contributed by atoms with Crippen molar-refractivity contribution >= 4 is 23.2 Å². The lowest BCUT2D eigenvalue weighted by atomic mass is 10.1. The fourth-order valence-electron chi connectivity index (χ4n) is 2.38. The molecule has 0 radical (unpaired) electrons. The number of hydrogen-bond donors (Lipinski definition) is 2. The van der Waals surface area contributed by atoms with Crippen LogP contribution in [0.25, 0.3) is 0 Å². The zero-order valence-electron chi connectivity index (χ0n) is 11.0. The standard InChI is InChI=1S/C15H20N2OS/c18-14(11-10-12-6-2-1-3-7-12)17-15(19)16-13-8-4-5-9-13/h1-3,6-7,13H,4-5,8-11H2,(H2,16,17,18,19). The Morgan fingerprint density at radius 1 is 1.21 bits per heavy atom. The maximum Gasteiger partial charge on any atom is 0.226 e. The van der Waals surface area contributed by atoms with Crippen molar-refractivity contribution < 1.29 is 4.79 Å². The van der Waals surface area contributed by atoms with Gasteiger partial charge in [-0.25, -0.2) is 0 Å². The van der Waals surface area contributed by atoms with Gasteiger partial charge in [0.1, 0.15) is 0 Å². The van der Waals surface area contributed by atoms with E-state index in [1.807, 2.05) is 30.3 Å². The highest BCUT2D eigenvalue weighted by Gasteiger charge is 2.16. The predicted molar refractivity (Wildman–Crippen MR) is 80.9 cm³/mol. The number of carbonyl (C=O) groups excluding carboxylic acids is 1. The molecule has 0 heterocycles. The molecule has 0 spiro atoms. The van der Waals surface area contributed by atoms with E-state index in [1.54, 1.807) is 0 Å². The van der Waals surface area contributed by atoms with Gasteiger partial charge in [-0.1, -0.05) is 43.2 Å². The zero-order chi connectivity index (χ0) is 13.5. The highest BCUT2D eigenvalue weighted by atomic mass is 32.1. The first kappa shape index (κ1) is 14.0. The summed E-state index contributed by atoms with van der Waals surface area (Å²) in [6, 6.07) is 10.5. The number of carbonyl (C=O) groups is 1. The van der Waals surface area contributed by atoms with Crippen LogP contribution in [-0.4, -0.2) is 17.1 Å². The van der Waals surface area contributed by atoms with E-state index in [0.717, 1.165) is 19.3 Å². The van der Waals surface area contributed by atoms with Crippen LogP contribution >= 0.6 is 12.2 Å². The number of nitrogens with one attached hydrogen (secondary N) is 2. The zero-order valence-corrected chi connectivity index (χ0v) is 11.8. The van der Waals surface area contributed by atoms with E-state index in [-0.39, 0.29) is 5.91 Å². The summed E-state index contributed by atoms with van der Waals surface area (Å²) in [5.41, 5.74) is 1.17. The summed E-state index contributed by atoms with van der Waals surface area (Å²) < 4.78 is 0. The van der Waals surface area contributed by atoms with E-state index < -0.39 is 0 Å². The first-order valence-corrected chi connectivity index (χ1v) is 7.29. The summed E-state index contributed by atoms with van der Waals surface area (Å²) in [6.45, 7) is 0. The second-order valence-corrected chi connectivity index (χ2v) is 5.40. The van der Waals surface area contributed by atoms with E-state index in [0.29, 0.717) is 17.6 Å².